The van der Waals surface area contributed by atoms with Crippen LogP contribution in [0.15, 0.2) is 6.07 Å². The second-order valence-electron chi connectivity index (χ2n) is 2.92. The Balaban J connectivity index is 3.05. The number of aromatic amines is 1. The number of hydrogen-bond donors (Lipinski definition) is 1. The summed E-state index contributed by atoms with van der Waals surface area (Å²) in [4.78, 5) is 3.21. The van der Waals surface area contributed by atoms with E-state index in [0.29, 0.717) is 0 Å². The van der Waals surface area contributed by atoms with Gasteiger partial charge in [-0.15, -0.1) is 0 Å². The van der Waals surface area contributed by atoms with Crippen molar-refractivity contribution in [2.75, 3.05) is 0 Å². The number of nitrogens with one attached hydrogen (secondary N) is 1. The average Bonchev–Trinajstić information content (AvgIpc) is 2.28. The zero-order chi connectivity index (χ0) is 8.43. The predicted octanol–water partition coefficient (Wildman–Crippen LogP) is 2.32. The summed E-state index contributed by atoms with van der Waals surface area (Å²) in [6.45, 7) is 6.03. The van der Waals surface area contributed by atoms with Crippen molar-refractivity contribution in [3.63, 3.8) is 0 Å². The van der Waals surface area contributed by atoms with Gasteiger partial charge in [0.2, 0.25) is 0 Å². The van der Waals surface area contributed by atoms with Crippen molar-refractivity contribution in [1.29, 1.82) is 0 Å². The molecule has 1 aromatic rings. The van der Waals surface area contributed by atoms with Gasteiger partial charge in [0.15, 0.2) is 0 Å². The molecule has 0 aliphatic carbocycles. The molecule has 1 rings (SSSR count). The summed E-state index contributed by atoms with van der Waals surface area (Å²) >= 11 is 0. The second kappa shape index (κ2) is 2.98. The molecule has 1 nitrogen and oxygen atoms in total. The maximum absolute atomic E-state index is 6.98. The summed E-state index contributed by atoms with van der Waals surface area (Å²) in [5.41, 5.74) is 3.48. The van der Waals surface area contributed by atoms with Crippen molar-refractivity contribution in [1.82, 2.24) is 4.98 Å². The number of hydrogen-bond acceptors (Lipinski definition) is 0. The van der Waals surface area contributed by atoms with E-state index in [1.54, 1.807) is 0 Å². The molecular formula is C10H12N+. The van der Waals surface area contributed by atoms with Gasteiger partial charge >= 0.3 is 67.0 Å². The monoisotopic (exact) mass is 146 g/mol. The van der Waals surface area contributed by atoms with Gasteiger partial charge in [-0.05, 0) is 0 Å². The van der Waals surface area contributed by atoms with E-state index in [4.69, 9.17) is 6.42 Å². The Hall–Kier alpha value is -0.940. The third kappa shape index (κ3) is 1.55. The van der Waals surface area contributed by atoms with Crippen molar-refractivity contribution in [3.8, 4) is 5.92 Å². The molecule has 1 heterocycles. The van der Waals surface area contributed by atoms with Crippen molar-refractivity contribution >= 4 is 0 Å². The van der Waals surface area contributed by atoms with E-state index in [1.807, 2.05) is 20.8 Å². The van der Waals surface area contributed by atoms with Gasteiger partial charge in [0, 0.05) is 0 Å². The molecule has 11 heavy (non-hydrogen) atoms. The molecule has 0 saturated carbocycles. The van der Waals surface area contributed by atoms with Crippen LogP contribution in [0.4, 0.5) is 0 Å². The molecule has 0 aliphatic rings. The number of rotatable bonds is 1. The molecule has 1 N–H and O–H groups in total. The van der Waals surface area contributed by atoms with Gasteiger partial charge in [-0.1, -0.05) is 0 Å². The van der Waals surface area contributed by atoms with Gasteiger partial charge in [-0.25, -0.2) is 0 Å². The average molecular weight is 146 g/mol. The Morgan fingerprint density at radius 2 is 2.18 bits per heavy atom. The van der Waals surface area contributed by atoms with Gasteiger partial charge < -0.3 is 0 Å². The van der Waals surface area contributed by atoms with E-state index in [1.165, 1.54) is 5.56 Å². The maximum atomic E-state index is 6.98. The van der Waals surface area contributed by atoms with E-state index < -0.39 is 0 Å². The molecule has 1 atom stereocenters. The molecule has 0 saturated heterocycles. The fourth-order valence-electron chi connectivity index (χ4n) is 1.27. The summed E-state index contributed by atoms with van der Waals surface area (Å²) in [5.74, 6) is 2.54. The summed E-state index contributed by atoms with van der Waals surface area (Å²) in [6, 6.07) is 2.09. The zero-order valence-electron chi connectivity index (χ0n) is 7.15. The molecule has 1 aromatic heterocycles. The number of H-pyrrole nitrogens is 1. The molecule has 0 aromatic carbocycles. The van der Waals surface area contributed by atoms with Crippen LogP contribution in [-0.2, 0) is 0 Å². The van der Waals surface area contributed by atoms with Crippen LogP contribution >= 0.6 is 0 Å². The third-order valence-corrected chi connectivity index (χ3v) is 1.84. The first-order valence-corrected chi connectivity index (χ1v) is 3.73. The second-order valence-corrected chi connectivity index (χ2v) is 2.92. The molecule has 0 spiro atoms. The Kier molecular flexibility index (Phi) is 2.21. The molecule has 0 radical (unpaired) electrons. The normalized spacial score (nSPS) is 12.8. The topological polar surface area (TPSA) is 15.8 Å². The van der Waals surface area contributed by atoms with Crippen LogP contribution in [0, 0.1) is 26.2 Å². The molecule has 0 aliphatic heterocycles. The van der Waals surface area contributed by atoms with Gasteiger partial charge in [0.05, 0.1) is 0 Å². The fraction of sp³-hybridized carbons (Fsp3) is 0.400. The van der Waals surface area contributed by atoms with E-state index in [0.717, 1.165) is 11.4 Å². The van der Waals surface area contributed by atoms with Crippen LogP contribution in [0.2, 0.25) is 0 Å². The van der Waals surface area contributed by atoms with Crippen molar-refractivity contribution in [2.24, 2.45) is 0 Å². The van der Waals surface area contributed by atoms with Crippen molar-refractivity contribution < 1.29 is 0 Å². The van der Waals surface area contributed by atoms with Crippen molar-refractivity contribution in [2.45, 2.75) is 26.7 Å². The first-order valence-electron chi connectivity index (χ1n) is 3.73. The molecule has 0 bridgehead atoms. The van der Waals surface area contributed by atoms with Crippen LogP contribution in [0.1, 0.15) is 29.8 Å². The Morgan fingerprint density at radius 1 is 1.55 bits per heavy atom. The SMILES string of the molecule is [C+]#CC(C)c1[nH]c(C)cc1C. The summed E-state index contributed by atoms with van der Waals surface area (Å²) in [7, 11) is 0. The molecule has 0 amide bonds. The summed E-state index contributed by atoms with van der Waals surface area (Å²) < 4.78 is 0. The first-order chi connectivity index (χ1) is 5.15. The first kappa shape index (κ1) is 8.16. The quantitative estimate of drug-likeness (QED) is 0.462. The Labute approximate surface area is 67.8 Å². The van der Waals surface area contributed by atoms with Crippen LogP contribution in [0.3, 0.4) is 0 Å². The van der Waals surface area contributed by atoms with E-state index in [9.17, 15) is 0 Å². The third-order valence-electron chi connectivity index (χ3n) is 1.84. The van der Waals surface area contributed by atoms with E-state index in [2.05, 4.69) is 17.0 Å². The van der Waals surface area contributed by atoms with Gasteiger partial charge in [-0.2, -0.15) is 0 Å². The number of aryl methyl sites for hydroxylation is 2. The van der Waals surface area contributed by atoms with E-state index in [-0.39, 0.29) is 5.92 Å². The Bertz CT molecular complexity index is 288. The van der Waals surface area contributed by atoms with Gasteiger partial charge in [-0.3, -0.25) is 0 Å². The molecule has 0 fully saturated rings. The zero-order valence-corrected chi connectivity index (χ0v) is 7.15. The van der Waals surface area contributed by atoms with Crippen LogP contribution in [0.5, 0.6) is 0 Å². The van der Waals surface area contributed by atoms with Crippen LogP contribution in [-0.4, -0.2) is 4.98 Å². The van der Waals surface area contributed by atoms with E-state index >= 15 is 0 Å². The molecular weight excluding hydrogens is 134 g/mol. The summed E-state index contributed by atoms with van der Waals surface area (Å²) in [6.07, 6.45) is 6.98. The van der Waals surface area contributed by atoms with Gasteiger partial charge in [0.25, 0.3) is 0 Å². The van der Waals surface area contributed by atoms with Gasteiger partial charge in [0.1, 0.15) is 0 Å². The molecule has 1 unspecified atom stereocenters. The van der Waals surface area contributed by atoms with Crippen LogP contribution < -0.4 is 0 Å². The minimum atomic E-state index is 0.0868. The molecule has 1 heteroatoms. The predicted molar refractivity (Wildman–Crippen MR) is 45.8 cm³/mol. The van der Waals surface area contributed by atoms with Crippen LogP contribution in [0.25, 0.3) is 0 Å². The summed E-state index contributed by atoms with van der Waals surface area (Å²) in [5, 5.41) is 0. The Morgan fingerprint density at radius 3 is 2.55 bits per heavy atom. The minimum absolute atomic E-state index is 0.0868. The fourth-order valence-corrected chi connectivity index (χ4v) is 1.27. The standard InChI is InChI=1S/C10H12N/c1-5-7(2)10-8(3)6-9(4)11-10/h6-7,11H,2-4H3/q+1. The van der Waals surface area contributed by atoms with Crippen molar-refractivity contribution in [3.05, 3.63) is 29.4 Å². The number of aromatic nitrogens is 1. The molecule has 56 valence electrons.